The van der Waals surface area contributed by atoms with Crippen molar-refractivity contribution in [1.82, 2.24) is 9.97 Å². The van der Waals surface area contributed by atoms with E-state index >= 15 is 0 Å². The van der Waals surface area contributed by atoms with Gasteiger partial charge in [-0.2, -0.15) is 0 Å². The van der Waals surface area contributed by atoms with Gasteiger partial charge in [0.15, 0.2) is 0 Å². The lowest BCUT2D eigenvalue weighted by Gasteiger charge is -2.09. The van der Waals surface area contributed by atoms with E-state index < -0.39 is 0 Å². The lowest BCUT2D eigenvalue weighted by atomic mass is 10.1. The second-order valence-electron chi connectivity index (χ2n) is 7.61. The molecule has 0 saturated heterocycles. The molecule has 0 radical (unpaired) electrons. The Labute approximate surface area is 188 Å². The fraction of sp³-hybridized carbons (Fsp3) is 0.148. The number of hydrogen-bond acceptors (Lipinski definition) is 4. The van der Waals surface area contributed by atoms with Crippen molar-refractivity contribution < 1.29 is 4.79 Å². The Hall–Kier alpha value is -3.99. The summed E-state index contributed by atoms with van der Waals surface area (Å²) in [5, 5.41) is 6.23. The molecule has 4 aromatic rings. The number of amides is 1. The van der Waals surface area contributed by atoms with E-state index in [1.54, 1.807) is 18.5 Å². The fourth-order valence-corrected chi connectivity index (χ4v) is 3.38. The van der Waals surface area contributed by atoms with Gasteiger partial charge >= 0.3 is 0 Å². The maximum Gasteiger partial charge on any atom is 0.255 e. The summed E-state index contributed by atoms with van der Waals surface area (Å²) in [6.07, 6.45) is 4.96. The van der Waals surface area contributed by atoms with Crippen LogP contribution in [-0.2, 0) is 6.42 Å². The number of benzene rings is 3. The van der Waals surface area contributed by atoms with E-state index in [1.807, 2.05) is 60.7 Å². The van der Waals surface area contributed by atoms with Crippen LogP contribution in [0, 0.1) is 0 Å². The van der Waals surface area contributed by atoms with Gasteiger partial charge in [-0.3, -0.25) is 4.79 Å². The molecule has 32 heavy (non-hydrogen) atoms. The average Bonchev–Trinajstić information content (AvgIpc) is 2.85. The van der Waals surface area contributed by atoms with Crippen LogP contribution in [-0.4, -0.2) is 15.9 Å². The van der Waals surface area contributed by atoms with E-state index in [0.717, 1.165) is 29.1 Å². The van der Waals surface area contributed by atoms with Crippen molar-refractivity contribution in [1.29, 1.82) is 0 Å². The van der Waals surface area contributed by atoms with E-state index in [0.29, 0.717) is 11.4 Å². The zero-order valence-electron chi connectivity index (χ0n) is 18.1. The minimum Gasteiger partial charge on any atom is -0.340 e. The highest BCUT2D eigenvalue weighted by molar-refractivity contribution is 6.04. The predicted octanol–water partition coefficient (Wildman–Crippen LogP) is 6.48. The summed E-state index contributed by atoms with van der Waals surface area (Å²) in [6, 6.07) is 27.3. The number of aryl methyl sites for hydroxylation is 1. The Morgan fingerprint density at radius 1 is 0.844 bits per heavy atom. The lowest BCUT2D eigenvalue weighted by Crippen LogP contribution is -2.11. The molecular weight excluding hydrogens is 396 g/mol. The number of aromatic nitrogens is 2. The second-order valence-corrected chi connectivity index (χ2v) is 7.61. The number of nitrogens with one attached hydrogen (secondary N) is 2. The van der Waals surface area contributed by atoms with E-state index in [4.69, 9.17) is 0 Å². The largest absolute Gasteiger partial charge is 0.340 e. The Morgan fingerprint density at radius 3 is 2.28 bits per heavy atom. The van der Waals surface area contributed by atoms with Crippen LogP contribution in [0.4, 0.5) is 17.2 Å². The monoisotopic (exact) mass is 422 g/mol. The average molecular weight is 423 g/mol. The third-order valence-corrected chi connectivity index (χ3v) is 5.19. The number of rotatable bonds is 8. The first-order valence-electron chi connectivity index (χ1n) is 10.9. The Bertz CT molecular complexity index is 1160. The summed E-state index contributed by atoms with van der Waals surface area (Å²) in [5.41, 5.74) is 5.41. The third kappa shape index (κ3) is 5.58. The van der Waals surface area contributed by atoms with Crippen molar-refractivity contribution >= 4 is 23.1 Å². The first kappa shape index (κ1) is 21.2. The van der Waals surface area contributed by atoms with Gasteiger partial charge in [-0.05, 0) is 54.8 Å². The standard InChI is InChI=1S/C27H26N4O/c1-2-3-7-20-10-14-24(15-11-20)31-27(32)22-12-16-23(17-13-22)30-26-18-25(28-19-29-26)21-8-5-4-6-9-21/h4-6,8-19H,2-3,7H2,1H3,(H,31,32)(H,28,29,30). The molecule has 0 fully saturated rings. The molecule has 160 valence electrons. The number of anilines is 3. The molecule has 0 saturated carbocycles. The maximum atomic E-state index is 12.6. The van der Waals surface area contributed by atoms with Crippen molar-refractivity contribution in [2.75, 3.05) is 10.6 Å². The molecule has 0 aliphatic rings. The topological polar surface area (TPSA) is 66.9 Å². The van der Waals surface area contributed by atoms with Crippen molar-refractivity contribution in [2.24, 2.45) is 0 Å². The molecule has 1 aromatic heterocycles. The Morgan fingerprint density at radius 2 is 1.56 bits per heavy atom. The highest BCUT2D eigenvalue weighted by atomic mass is 16.1. The molecule has 5 nitrogen and oxygen atoms in total. The molecule has 1 amide bonds. The van der Waals surface area contributed by atoms with Crippen LogP contribution in [0.5, 0.6) is 0 Å². The van der Waals surface area contributed by atoms with Crippen LogP contribution in [0.3, 0.4) is 0 Å². The van der Waals surface area contributed by atoms with E-state index in [-0.39, 0.29) is 5.91 Å². The molecular formula is C27H26N4O. The lowest BCUT2D eigenvalue weighted by molar-refractivity contribution is 0.102. The summed E-state index contributed by atoms with van der Waals surface area (Å²) in [5.74, 6) is 0.561. The van der Waals surface area contributed by atoms with Crippen LogP contribution in [0.2, 0.25) is 0 Å². The molecule has 0 aliphatic heterocycles. The number of carbonyl (C=O) groups is 1. The zero-order chi connectivity index (χ0) is 22.2. The molecule has 0 bridgehead atoms. The van der Waals surface area contributed by atoms with Crippen molar-refractivity contribution in [3.8, 4) is 11.3 Å². The quantitative estimate of drug-likeness (QED) is 0.341. The molecule has 0 aliphatic carbocycles. The minimum atomic E-state index is -0.133. The van der Waals surface area contributed by atoms with Crippen LogP contribution < -0.4 is 10.6 Å². The molecule has 2 N–H and O–H groups in total. The van der Waals surface area contributed by atoms with Crippen LogP contribution >= 0.6 is 0 Å². The molecule has 0 atom stereocenters. The van der Waals surface area contributed by atoms with E-state index in [9.17, 15) is 4.79 Å². The molecule has 0 spiro atoms. The van der Waals surface area contributed by atoms with E-state index in [2.05, 4.69) is 39.7 Å². The minimum absolute atomic E-state index is 0.133. The van der Waals surface area contributed by atoms with Gasteiger partial charge < -0.3 is 10.6 Å². The molecule has 4 rings (SSSR count). The summed E-state index contributed by atoms with van der Waals surface area (Å²) >= 11 is 0. The first-order valence-corrected chi connectivity index (χ1v) is 10.9. The second kappa shape index (κ2) is 10.4. The van der Waals surface area contributed by atoms with Crippen LogP contribution in [0.15, 0.2) is 91.3 Å². The number of carbonyl (C=O) groups excluding carboxylic acids is 1. The number of hydrogen-bond donors (Lipinski definition) is 2. The first-order chi connectivity index (χ1) is 15.7. The highest BCUT2D eigenvalue weighted by Gasteiger charge is 2.07. The summed E-state index contributed by atoms with van der Waals surface area (Å²) < 4.78 is 0. The van der Waals surface area contributed by atoms with Crippen molar-refractivity contribution in [2.45, 2.75) is 26.2 Å². The normalized spacial score (nSPS) is 10.5. The van der Waals surface area contributed by atoms with Gasteiger partial charge in [0.25, 0.3) is 5.91 Å². The van der Waals surface area contributed by atoms with Crippen LogP contribution in [0.25, 0.3) is 11.3 Å². The van der Waals surface area contributed by atoms with Gasteiger partial charge in [-0.25, -0.2) is 9.97 Å². The van der Waals surface area contributed by atoms with E-state index in [1.165, 1.54) is 18.4 Å². The molecule has 0 unspecified atom stereocenters. The molecule has 5 heteroatoms. The zero-order valence-corrected chi connectivity index (χ0v) is 18.1. The number of nitrogens with zero attached hydrogens (tertiary/aromatic N) is 2. The fourth-order valence-electron chi connectivity index (χ4n) is 3.38. The Kier molecular flexibility index (Phi) is 6.88. The Balaban J connectivity index is 1.38. The SMILES string of the molecule is CCCCc1ccc(NC(=O)c2ccc(Nc3cc(-c4ccccc4)ncn3)cc2)cc1. The molecule has 3 aromatic carbocycles. The predicted molar refractivity (Wildman–Crippen MR) is 130 cm³/mol. The van der Waals surface area contributed by atoms with Crippen molar-refractivity contribution in [3.05, 3.63) is 102 Å². The smallest absolute Gasteiger partial charge is 0.255 e. The van der Waals surface area contributed by atoms with Gasteiger partial charge in [0.2, 0.25) is 0 Å². The molecule has 1 heterocycles. The van der Waals surface area contributed by atoms with Gasteiger partial charge in [-0.1, -0.05) is 55.8 Å². The summed E-state index contributed by atoms with van der Waals surface area (Å²) in [6.45, 7) is 2.19. The van der Waals surface area contributed by atoms with Gasteiger partial charge in [0.1, 0.15) is 12.1 Å². The summed E-state index contributed by atoms with van der Waals surface area (Å²) in [4.78, 5) is 21.2. The van der Waals surface area contributed by atoms with Crippen molar-refractivity contribution in [3.63, 3.8) is 0 Å². The summed E-state index contributed by atoms with van der Waals surface area (Å²) in [7, 11) is 0. The third-order valence-electron chi connectivity index (χ3n) is 5.19. The van der Waals surface area contributed by atoms with Crippen LogP contribution in [0.1, 0.15) is 35.7 Å². The van der Waals surface area contributed by atoms with Gasteiger partial charge in [0.05, 0.1) is 5.69 Å². The highest BCUT2D eigenvalue weighted by Crippen LogP contribution is 2.21. The van der Waals surface area contributed by atoms with Gasteiger partial charge in [-0.15, -0.1) is 0 Å². The maximum absolute atomic E-state index is 12.6. The van der Waals surface area contributed by atoms with Gasteiger partial charge in [0, 0.05) is 28.6 Å². The number of unbranched alkanes of at least 4 members (excludes halogenated alkanes) is 1.